The van der Waals surface area contributed by atoms with E-state index in [1.165, 1.54) is 0 Å². The Morgan fingerprint density at radius 3 is 1.96 bits per heavy atom. The minimum absolute atomic E-state index is 0.266. The quantitative estimate of drug-likeness (QED) is 0.804. The molecule has 1 heterocycles. The second-order valence-corrected chi connectivity index (χ2v) is 6.28. The van der Waals surface area contributed by atoms with Crippen LogP contribution in [0.3, 0.4) is 0 Å². The normalized spacial score (nSPS) is 18.6. The molecule has 0 saturated carbocycles. The van der Waals surface area contributed by atoms with E-state index >= 15 is 0 Å². The first-order valence-corrected chi connectivity index (χ1v) is 9.82. The van der Waals surface area contributed by atoms with E-state index in [1.54, 1.807) is 0 Å². The summed E-state index contributed by atoms with van der Waals surface area (Å²) in [5.74, 6) is 0. The third kappa shape index (κ3) is 11.2. The van der Waals surface area contributed by atoms with Crippen LogP contribution in [0.25, 0.3) is 0 Å². The van der Waals surface area contributed by atoms with Gasteiger partial charge in [0.25, 0.3) is 0 Å². The van der Waals surface area contributed by atoms with Gasteiger partial charge in [-0.25, -0.2) is 4.79 Å². The number of amides is 1. The van der Waals surface area contributed by atoms with Crippen molar-refractivity contribution in [3.05, 3.63) is 35.9 Å². The highest BCUT2D eigenvalue weighted by molar-refractivity contribution is 5.67. The number of alkyl carbamates (subject to hydrolysis) is 1. The van der Waals surface area contributed by atoms with Gasteiger partial charge in [-0.1, -0.05) is 30.3 Å². The summed E-state index contributed by atoms with van der Waals surface area (Å²) in [5.41, 5.74) is 0.963. The summed E-state index contributed by atoms with van der Waals surface area (Å²) in [4.78, 5) is 14.0. The van der Waals surface area contributed by atoms with E-state index in [2.05, 4.69) is 10.2 Å². The maximum atomic E-state index is 11.8. The summed E-state index contributed by atoms with van der Waals surface area (Å²) in [6.07, 6.45) is -0.413. The van der Waals surface area contributed by atoms with Crippen molar-refractivity contribution in [2.75, 3.05) is 79.0 Å². The molecule has 0 aliphatic carbocycles. The number of nitrogens with one attached hydrogen (secondary N) is 1. The summed E-state index contributed by atoms with van der Waals surface area (Å²) in [6, 6.07) is 9.61. The largest absolute Gasteiger partial charge is 0.445 e. The second-order valence-electron chi connectivity index (χ2n) is 6.28. The minimum Gasteiger partial charge on any atom is -0.445 e. The predicted octanol–water partition coefficient (Wildman–Crippen LogP) is 1.29. The fourth-order valence-electron chi connectivity index (χ4n) is 2.57. The monoisotopic (exact) mass is 396 g/mol. The maximum Gasteiger partial charge on any atom is 0.407 e. The van der Waals surface area contributed by atoms with Crippen LogP contribution in [0.4, 0.5) is 4.79 Å². The highest BCUT2D eigenvalue weighted by atomic mass is 16.6. The molecule has 1 saturated heterocycles. The van der Waals surface area contributed by atoms with Crippen LogP contribution in [0.15, 0.2) is 30.3 Å². The van der Waals surface area contributed by atoms with Gasteiger partial charge in [-0.15, -0.1) is 0 Å². The van der Waals surface area contributed by atoms with Crippen LogP contribution in [-0.4, -0.2) is 90.0 Å². The lowest BCUT2D eigenvalue weighted by atomic mass is 10.2. The number of benzene rings is 1. The molecular formula is C20H32N2O6. The molecule has 1 fully saturated rings. The van der Waals surface area contributed by atoms with Gasteiger partial charge < -0.3 is 29.0 Å². The van der Waals surface area contributed by atoms with Crippen molar-refractivity contribution in [1.29, 1.82) is 0 Å². The van der Waals surface area contributed by atoms with Crippen molar-refractivity contribution < 1.29 is 28.5 Å². The topological polar surface area (TPSA) is 78.5 Å². The van der Waals surface area contributed by atoms with Gasteiger partial charge in [-0.2, -0.15) is 0 Å². The molecule has 1 N–H and O–H groups in total. The third-order valence-electron chi connectivity index (χ3n) is 4.13. The minimum atomic E-state index is -0.413. The molecule has 2 rings (SSSR count). The molecule has 1 aliphatic rings. The highest BCUT2D eigenvalue weighted by Crippen LogP contribution is 2.00. The Morgan fingerprint density at radius 2 is 1.39 bits per heavy atom. The molecule has 0 aromatic heterocycles. The third-order valence-corrected chi connectivity index (χ3v) is 4.13. The van der Waals surface area contributed by atoms with Gasteiger partial charge in [-0.05, 0) is 5.56 Å². The van der Waals surface area contributed by atoms with Crippen molar-refractivity contribution in [2.45, 2.75) is 6.61 Å². The van der Waals surface area contributed by atoms with Gasteiger partial charge in [0.1, 0.15) is 6.61 Å². The number of hydrogen-bond donors (Lipinski definition) is 1. The summed E-state index contributed by atoms with van der Waals surface area (Å²) >= 11 is 0. The number of carbonyl (C=O) groups excluding carboxylic acids is 1. The first-order valence-electron chi connectivity index (χ1n) is 9.82. The number of hydrogen-bond acceptors (Lipinski definition) is 7. The lowest BCUT2D eigenvalue weighted by Crippen LogP contribution is -2.38. The standard InChI is InChI=1S/C20H32N2O6/c23-20(28-18-19-4-2-1-3-5-19)21-6-7-22-8-10-24-12-14-26-16-17-27-15-13-25-11-9-22/h1-5H,6-18H2,(H,21,23). The summed E-state index contributed by atoms with van der Waals surface area (Å²) < 4.78 is 27.2. The Hall–Kier alpha value is -1.71. The average Bonchev–Trinajstić information content (AvgIpc) is 2.73. The van der Waals surface area contributed by atoms with Crippen molar-refractivity contribution in [2.24, 2.45) is 0 Å². The van der Waals surface area contributed by atoms with Crippen LogP contribution in [0.1, 0.15) is 5.56 Å². The number of nitrogens with zero attached hydrogens (tertiary/aromatic N) is 1. The Balaban J connectivity index is 1.63. The number of carbonyl (C=O) groups is 1. The van der Waals surface area contributed by atoms with Gasteiger partial charge >= 0.3 is 6.09 Å². The fourth-order valence-corrected chi connectivity index (χ4v) is 2.57. The average molecular weight is 396 g/mol. The Bertz CT molecular complexity index is 501. The molecule has 0 atom stereocenters. The molecule has 0 radical (unpaired) electrons. The van der Waals surface area contributed by atoms with Crippen molar-refractivity contribution >= 4 is 6.09 Å². The molecule has 0 spiro atoms. The summed E-state index contributed by atoms with van der Waals surface area (Å²) in [6.45, 7) is 7.61. The fraction of sp³-hybridized carbons (Fsp3) is 0.650. The van der Waals surface area contributed by atoms with E-state index < -0.39 is 6.09 Å². The van der Waals surface area contributed by atoms with E-state index in [1.807, 2.05) is 30.3 Å². The Labute approximate surface area is 167 Å². The zero-order valence-corrected chi connectivity index (χ0v) is 16.5. The Morgan fingerprint density at radius 1 is 0.857 bits per heavy atom. The van der Waals surface area contributed by atoms with E-state index in [0.29, 0.717) is 65.9 Å². The lowest BCUT2D eigenvalue weighted by Gasteiger charge is -2.22. The van der Waals surface area contributed by atoms with Crippen LogP contribution in [0, 0.1) is 0 Å². The molecule has 0 bridgehead atoms. The van der Waals surface area contributed by atoms with Crippen LogP contribution in [0.2, 0.25) is 0 Å². The van der Waals surface area contributed by atoms with Crippen molar-refractivity contribution in [3.63, 3.8) is 0 Å². The van der Waals surface area contributed by atoms with E-state index in [-0.39, 0.29) is 6.61 Å². The van der Waals surface area contributed by atoms with Gasteiger partial charge in [-0.3, -0.25) is 4.90 Å². The van der Waals surface area contributed by atoms with Gasteiger partial charge in [0.15, 0.2) is 0 Å². The molecule has 8 nitrogen and oxygen atoms in total. The SMILES string of the molecule is O=C(NCCN1CCOCCOCCOCCOCC1)OCc1ccccc1. The maximum absolute atomic E-state index is 11.8. The van der Waals surface area contributed by atoms with E-state index in [0.717, 1.165) is 18.7 Å². The second kappa shape index (κ2) is 15.2. The van der Waals surface area contributed by atoms with E-state index in [4.69, 9.17) is 23.7 Å². The molecule has 28 heavy (non-hydrogen) atoms. The van der Waals surface area contributed by atoms with Crippen molar-refractivity contribution in [1.82, 2.24) is 10.2 Å². The lowest BCUT2D eigenvalue weighted by molar-refractivity contribution is 0.00206. The summed E-state index contributed by atoms with van der Waals surface area (Å²) in [7, 11) is 0. The first-order chi connectivity index (χ1) is 13.8. The molecule has 1 aromatic rings. The molecule has 1 aromatic carbocycles. The highest BCUT2D eigenvalue weighted by Gasteiger charge is 2.08. The van der Waals surface area contributed by atoms with Gasteiger partial charge in [0, 0.05) is 26.2 Å². The first kappa shape index (κ1) is 22.6. The smallest absolute Gasteiger partial charge is 0.407 e. The Kier molecular flexibility index (Phi) is 12.3. The zero-order valence-electron chi connectivity index (χ0n) is 16.5. The molecule has 1 amide bonds. The van der Waals surface area contributed by atoms with Crippen LogP contribution in [-0.2, 0) is 30.3 Å². The molecule has 8 heteroatoms. The molecule has 1 aliphatic heterocycles. The van der Waals surface area contributed by atoms with Crippen LogP contribution < -0.4 is 5.32 Å². The van der Waals surface area contributed by atoms with Gasteiger partial charge in [0.05, 0.1) is 52.9 Å². The predicted molar refractivity (Wildman–Crippen MR) is 104 cm³/mol. The zero-order chi connectivity index (χ0) is 19.7. The molecule has 158 valence electrons. The van der Waals surface area contributed by atoms with Gasteiger partial charge in [0.2, 0.25) is 0 Å². The molecular weight excluding hydrogens is 364 g/mol. The molecule has 0 unspecified atom stereocenters. The number of rotatable bonds is 5. The van der Waals surface area contributed by atoms with Crippen molar-refractivity contribution in [3.8, 4) is 0 Å². The van der Waals surface area contributed by atoms with E-state index in [9.17, 15) is 4.79 Å². The van der Waals surface area contributed by atoms with Crippen LogP contribution in [0.5, 0.6) is 0 Å². The van der Waals surface area contributed by atoms with Crippen LogP contribution >= 0.6 is 0 Å². The summed E-state index contributed by atoms with van der Waals surface area (Å²) in [5, 5.41) is 2.79. The number of ether oxygens (including phenoxy) is 5.